The first-order valence-corrected chi connectivity index (χ1v) is 9.29. The molecule has 0 radical (unpaired) electrons. The smallest absolute Gasteiger partial charge is 0.0109 e. The Hall–Kier alpha value is -0.350. The highest BCUT2D eigenvalue weighted by atomic mass is 31.1. The molecule has 0 fully saturated rings. The normalized spacial score (nSPS) is 13.1. The van der Waals surface area contributed by atoms with Gasteiger partial charge in [0.05, 0.1) is 0 Å². The van der Waals surface area contributed by atoms with Crippen LogP contribution in [0, 0.1) is 20.8 Å². The fraction of sp³-hybridized carbons (Fsp3) is 0.684. The average molecular weight is 292 g/mol. The van der Waals surface area contributed by atoms with E-state index in [4.69, 9.17) is 0 Å². The van der Waals surface area contributed by atoms with Crippen molar-refractivity contribution in [2.24, 2.45) is 0 Å². The van der Waals surface area contributed by atoms with Gasteiger partial charge in [-0.1, -0.05) is 67.2 Å². The molecule has 0 atom stereocenters. The quantitative estimate of drug-likeness (QED) is 0.575. The molecular weight excluding hydrogens is 259 g/mol. The lowest BCUT2D eigenvalue weighted by Crippen LogP contribution is -2.36. The zero-order chi connectivity index (χ0) is 15.7. The van der Waals surface area contributed by atoms with Gasteiger partial charge in [0, 0.05) is 0 Å². The van der Waals surface area contributed by atoms with Gasteiger partial charge in [-0.05, 0) is 60.4 Å². The maximum Gasteiger partial charge on any atom is -0.0109 e. The first kappa shape index (κ1) is 17.7. The van der Waals surface area contributed by atoms with Gasteiger partial charge < -0.3 is 0 Å². The van der Waals surface area contributed by atoms with Crippen molar-refractivity contribution in [2.45, 2.75) is 85.5 Å². The Bertz CT molecular complexity index is 430. The summed E-state index contributed by atoms with van der Waals surface area (Å²) >= 11 is 0. The van der Waals surface area contributed by atoms with Crippen molar-refractivity contribution >= 4 is 13.2 Å². The highest BCUT2D eigenvalue weighted by Crippen LogP contribution is 2.61. The Kier molecular flexibility index (Phi) is 5.47. The van der Waals surface area contributed by atoms with Crippen molar-refractivity contribution in [3.05, 3.63) is 28.8 Å². The van der Waals surface area contributed by atoms with Crippen LogP contribution in [0.2, 0.25) is 0 Å². The van der Waals surface area contributed by atoms with Gasteiger partial charge in [-0.2, -0.15) is 0 Å². The molecule has 0 N–H and O–H groups in total. The lowest BCUT2D eigenvalue weighted by Gasteiger charge is -2.46. The highest BCUT2D eigenvalue weighted by Gasteiger charge is 2.40. The molecule has 0 saturated heterocycles. The number of hydrogen-bond acceptors (Lipinski definition) is 0. The van der Waals surface area contributed by atoms with E-state index in [-0.39, 0.29) is 7.92 Å². The lowest BCUT2D eigenvalue weighted by atomic mass is 10.1. The second kappa shape index (κ2) is 6.18. The fourth-order valence-corrected chi connectivity index (χ4v) is 7.58. The Morgan fingerprint density at radius 2 is 1.15 bits per heavy atom. The molecule has 0 saturated carbocycles. The molecule has 0 unspecified atom stereocenters. The second-order valence-corrected chi connectivity index (χ2v) is 11.0. The molecule has 1 heteroatoms. The Morgan fingerprint density at radius 1 is 0.800 bits per heavy atom. The molecule has 0 heterocycles. The maximum atomic E-state index is 2.47. The first-order valence-electron chi connectivity index (χ1n) is 7.95. The molecule has 0 aliphatic carbocycles. The van der Waals surface area contributed by atoms with Gasteiger partial charge in [-0.3, -0.25) is 0 Å². The van der Waals surface area contributed by atoms with Gasteiger partial charge in [0.2, 0.25) is 0 Å². The van der Waals surface area contributed by atoms with Gasteiger partial charge in [0.1, 0.15) is 0 Å². The van der Waals surface area contributed by atoms with E-state index in [1.165, 1.54) is 29.5 Å². The molecule has 114 valence electrons. The summed E-state index contributed by atoms with van der Waals surface area (Å²) in [6, 6.07) is 4.74. The number of hydrogen-bond donors (Lipinski definition) is 0. The third-order valence-corrected chi connectivity index (χ3v) is 9.01. The van der Waals surface area contributed by atoms with Crippen LogP contribution in [0.1, 0.15) is 71.1 Å². The van der Waals surface area contributed by atoms with E-state index >= 15 is 0 Å². The van der Waals surface area contributed by atoms with E-state index in [2.05, 4.69) is 74.4 Å². The Morgan fingerprint density at radius 3 is 1.45 bits per heavy atom. The summed E-state index contributed by atoms with van der Waals surface area (Å²) < 4.78 is 0. The SMILES string of the molecule is CCC(C)(C)P(c1c(C)cc(C)cc1C)C(C)(C)CC. The van der Waals surface area contributed by atoms with Crippen molar-refractivity contribution < 1.29 is 0 Å². The number of aryl methyl sites for hydroxylation is 3. The van der Waals surface area contributed by atoms with Crippen LogP contribution in [-0.4, -0.2) is 10.3 Å². The van der Waals surface area contributed by atoms with E-state index in [1.54, 1.807) is 5.30 Å². The van der Waals surface area contributed by atoms with Crippen LogP contribution in [-0.2, 0) is 0 Å². The molecule has 0 aliphatic heterocycles. The molecule has 20 heavy (non-hydrogen) atoms. The summed E-state index contributed by atoms with van der Waals surface area (Å²) in [5.74, 6) is 0. The fourth-order valence-electron chi connectivity index (χ4n) is 3.27. The molecule has 0 aliphatic rings. The molecule has 0 aromatic heterocycles. The summed E-state index contributed by atoms with van der Waals surface area (Å²) in [7, 11) is -0.197. The van der Waals surface area contributed by atoms with Crippen molar-refractivity contribution in [1.29, 1.82) is 0 Å². The van der Waals surface area contributed by atoms with Crippen molar-refractivity contribution in [1.82, 2.24) is 0 Å². The Labute approximate surface area is 128 Å². The van der Waals surface area contributed by atoms with Gasteiger partial charge in [0.15, 0.2) is 0 Å². The van der Waals surface area contributed by atoms with Gasteiger partial charge in [-0.15, -0.1) is 0 Å². The summed E-state index contributed by atoms with van der Waals surface area (Å²) in [5, 5.41) is 2.43. The minimum absolute atomic E-state index is 0.197. The second-order valence-electron chi connectivity index (χ2n) is 7.41. The molecule has 1 aromatic rings. The summed E-state index contributed by atoms with van der Waals surface area (Å²) in [6.45, 7) is 21.4. The van der Waals surface area contributed by atoms with Crippen LogP contribution in [0.3, 0.4) is 0 Å². The molecule has 0 amide bonds. The van der Waals surface area contributed by atoms with E-state index in [0.29, 0.717) is 10.3 Å². The van der Waals surface area contributed by atoms with E-state index in [9.17, 15) is 0 Å². The van der Waals surface area contributed by atoms with Crippen LogP contribution in [0.15, 0.2) is 12.1 Å². The summed E-state index contributed by atoms with van der Waals surface area (Å²) in [4.78, 5) is 0. The predicted octanol–water partition coefficient (Wildman–Crippen LogP) is 6.10. The standard InChI is InChI=1S/C19H33P/c1-10-18(6,7)20(19(8,9)11-2)17-15(4)12-14(3)13-16(17)5/h12-13H,10-11H2,1-9H3. The molecule has 0 spiro atoms. The predicted molar refractivity (Wildman–Crippen MR) is 95.9 cm³/mol. The molecule has 0 nitrogen and oxygen atoms in total. The Balaban J connectivity index is 3.55. The minimum atomic E-state index is -0.197. The lowest BCUT2D eigenvalue weighted by molar-refractivity contribution is 0.609. The van der Waals surface area contributed by atoms with Crippen molar-refractivity contribution in [2.75, 3.05) is 0 Å². The number of benzene rings is 1. The highest BCUT2D eigenvalue weighted by molar-refractivity contribution is 7.68. The van der Waals surface area contributed by atoms with E-state index < -0.39 is 0 Å². The van der Waals surface area contributed by atoms with Gasteiger partial charge in [-0.25, -0.2) is 0 Å². The third kappa shape index (κ3) is 3.45. The summed E-state index contributed by atoms with van der Waals surface area (Å²) in [5.41, 5.74) is 4.38. The van der Waals surface area contributed by atoms with Crippen molar-refractivity contribution in [3.63, 3.8) is 0 Å². The topological polar surface area (TPSA) is 0 Å². The minimum Gasteiger partial charge on any atom is -0.0645 e. The van der Waals surface area contributed by atoms with Gasteiger partial charge >= 0.3 is 0 Å². The monoisotopic (exact) mass is 292 g/mol. The van der Waals surface area contributed by atoms with Crippen LogP contribution in [0.4, 0.5) is 0 Å². The molecule has 1 rings (SSSR count). The van der Waals surface area contributed by atoms with Crippen LogP contribution in [0.25, 0.3) is 0 Å². The van der Waals surface area contributed by atoms with E-state index in [0.717, 1.165) is 0 Å². The zero-order valence-electron chi connectivity index (χ0n) is 15.0. The molecule has 0 bridgehead atoms. The zero-order valence-corrected chi connectivity index (χ0v) is 15.9. The van der Waals surface area contributed by atoms with Gasteiger partial charge in [0.25, 0.3) is 0 Å². The van der Waals surface area contributed by atoms with Crippen LogP contribution >= 0.6 is 7.92 Å². The van der Waals surface area contributed by atoms with E-state index in [1.807, 2.05) is 0 Å². The van der Waals surface area contributed by atoms with Crippen LogP contribution < -0.4 is 5.30 Å². The maximum absolute atomic E-state index is 2.47. The first-order chi connectivity index (χ1) is 9.06. The average Bonchev–Trinajstić information content (AvgIpc) is 2.33. The third-order valence-electron chi connectivity index (χ3n) is 4.80. The van der Waals surface area contributed by atoms with Crippen LogP contribution in [0.5, 0.6) is 0 Å². The molecule has 1 aromatic carbocycles. The molecular formula is C19H33P. The van der Waals surface area contributed by atoms with Crippen molar-refractivity contribution in [3.8, 4) is 0 Å². The number of rotatable bonds is 5. The largest absolute Gasteiger partial charge is 0.0645 e. The summed E-state index contributed by atoms with van der Waals surface area (Å²) in [6.07, 6.45) is 2.49.